The van der Waals surface area contributed by atoms with E-state index in [9.17, 15) is 9.59 Å². The van der Waals surface area contributed by atoms with E-state index in [1.54, 1.807) is 0 Å². The van der Waals surface area contributed by atoms with Crippen molar-refractivity contribution in [2.75, 3.05) is 20.3 Å². The molecule has 12 heavy (non-hydrogen) atoms. The molecule has 0 rings (SSSR count). The molecule has 0 saturated heterocycles. The number of hydrogen-bond acceptors (Lipinski definition) is 5. The minimum Gasteiger partial charge on any atom is -0.464 e. The Bertz CT molecular complexity index is 160. The highest BCUT2D eigenvalue weighted by Gasteiger charge is 1.95. The molecule has 70 valence electrons. The largest absolute Gasteiger partial charge is 0.464 e. The molecule has 0 aromatic carbocycles. The number of nitrogens with one attached hydrogen (secondary N) is 2. The van der Waals surface area contributed by atoms with Crippen LogP contribution in [0.5, 0.6) is 0 Å². The van der Waals surface area contributed by atoms with Gasteiger partial charge >= 0.3 is 12.1 Å². The van der Waals surface area contributed by atoms with Crippen molar-refractivity contribution in [3.8, 4) is 0 Å². The van der Waals surface area contributed by atoms with E-state index in [2.05, 4.69) is 20.3 Å². The zero-order valence-electron chi connectivity index (χ0n) is 7.05. The van der Waals surface area contributed by atoms with Gasteiger partial charge in [-0.1, -0.05) is 0 Å². The smallest absolute Gasteiger partial charge is 0.421 e. The topological polar surface area (TPSA) is 76.7 Å². The van der Waals surface area contributed by atoms with Gasteiger partial charge in [-0.05, 0) is 0 Å². The minimum absolute atomic E-state index is 0.208. The van der Waals surface area contributed by atoms with Gasteiger partial charge in [0.15, 0.2) is 0 Å². The van der Waals surface area contributed by atoms with E-state index in [1.165, 1.54) is 14.0 Å². The van der Waals surface area contributed by atoms with Crippen molar-refractivity contribution in [3.05, 3.63) is 0 Å². The molecule has 0 atom stereocenters. The zero-order valence-corrected chi connectivity index (χ0v) is 7.05. The summed E-state index contributed by atoms with van der Waals surface area (Å²) in [5.41, 5.74) is 4.69. The first-order valence-electron chi connectivity index (χ1n) is 3.37. The molecule has 0 aromatic heterocycles. The SMILES string of the molecule is COC(=O)NNCCOC(C)=O. The molecule has 0 radical (unpaired) electrons. The molecule has 0 heterocycles. The second-order valence-electron chi connectivity index (χ2n) is 1.88. The fourth-order valence-electron chi connectivity index (χ4n) is 0.431. The molecule has 0 aliphatic carbocycles. The second-order valence-corrected chi connectivity index (χ2v) is 1.88. The van der Waals surface area contributed by atoms with Crippen LogP contribution in [0.3, 0.4) is 0 Å². The van der Waals surface area contributed by atoms with Crippen LogP contribution in [0, 0.1) is 0 Å². The highest BCUT2D eigenvalue weighted by atomic mass is 16.5. The maximum atomic E-state index is 10.4. The number of carbonyl (C=O) groups is 2. The summed E-state index contributed by atoms with van der Waals surface area (Å²) in [5, 5.41) is 0. The summed E-state index contributed by atoms with van der Waals surface area (Å²) in [7, 11) is 1.25. The Labute approximate surface area is 70.2 Å². The van der Waals surface area contributed by atoms with Crippen LogP contribution in [0.4, 0.5) is 4.79 Å². The van der Waals surface area contributed by atoms with Gasteiger partial charge in [0.1, 0.15) is 6.61 Å². The Morgan fingerprint density at radius 1 is 1.42 bits per heavy atom. The summed E-state index contributed by atoms with van der Waals surface area (Å²) in [5.74, 6) is -0.352. The highest BCUT2D eigenvalue weighted by molar-refractivity contribution is 5.66. The molecule has 0 unspecified atom stereocenters. The standard InChI is InChI=1S/C6H12N2O4/c1-5(9)12-4-3-7-8-6(10)11-2/h7H,3-4H2,1-2H3,(H,8,10). The van der Waals surface area contributed by atoms with Gasteiger partial charge in [0.05, 0.1) is 7.11 Å². The quantitative estimate of drug-likeness (QED) is 0.340. The fraction of sp³-hybridized carbons (Fsp3) is 0.667. The predicted molar refractivity (Wildman–Crippen MR) is 40.2 cm³/mol. The normalized spacial score (nSPS) is 8.83. The third-order valence-corrected chi connectivity index (χ3v) is 0.908. The summed E-state index contributed by atoms with van der Waals surface area (Å²) in [6.07, 6.45) is -0.585. The summed E-state index contributed by atoms with van der Waals surface area (Å²) in [6, 6.07) is 0. The van der Waals surface area contributed by atoms with Crippen molar-refractivity contribution in [1.29, 1.82) is 0 Å². The average molecular weight is 176 g/mol. The molecule has 6 heteroatoms. The lowest BCUT2D eigenvalue weighted by molar-refractivity contribution is -0.140. The Balaban J connectivity index is 3.11. The van der Waals surface area contributed by atoms with Gasteiger partial charge in [0.25, 0.3) is 0 Å². The highest BCUT2D eigenvalue weighted by Crippen LogP contribution is 1.73. The third kappa shape index (κ3) is 6.81. The van der Waals surface area contributed by atoms with E-state index in [4.69, 9.17) is 0 Å². The number of esters is 1. The van der Waals surface area contributed by atoms with Crippen LogP contribution in [0.15, 0.2) is 0 Å². The molecular weight excluding hydrogens is 164 g/mol. The number of amides is 1. The molecule has 1 amide bonds. The third-order valence-electron chi connectivity index (χ3n) is 0.908. The van der Waals surface area contributed by atoms with E-state index < -0.39 is 6.09 Å². The molecule has 0 aliphatic rings. The molecule has 0 aromatic rings. The maximum Gasteiger partial charge on any atom is 0.421 e. The van der Waals surface area contributed by atoms with Crippen LogP contribution in [-0.2, 0) is 14.3 Å². The number of ether oxygens (including phenoxy) is 2. The van der Waals surface area contributed by atoms with Crippen molar-refractivity contribution in [3.63, 3.8) is 0 Å². The number of methoxy groups -OCH3 is 1. The Kier molecular flexibility index (Phi) is 5.72. The van der Waals surface area contributed by atoms with Gasteiger partial charge < -0.3 is 9.47 Å². The van der Waals surface area contributed by atoms with Gasteiger partial charge in [-0.2, -0.15) is 0 Å². The van der Waals surface area contributed by atoms with Crippen LogP contribution in [0.2, 0.25) is 0 Å². The van der Waals surface area contributed by atoms with Crippen LogP contribution in [-0.4, -0.2) is 32.3 Å². The fourth-order valence-corrected chi connectivity index (χ4v) is 0.431. The van der Waals surface area contributed by atoms with Gasteiger partial charge in [-0.3, -0.25) is 10.2 Å². The molecule has 6 nitrogen and oxygen atoms in total. The molecule has 0 spiro atoms. The second kappa shape index (κ2) is 6.41. The number of carbonyl (C=O) groups excluding carboxylic acids is 2. The molecule has 2 N–H and O–H groups in total. The van der Waals surface area contributed by atoms with E-state index in [-0.39, 0.29) is 12.6 Å². The minimum atomic E-state index is -0.585. The van der Waals surface area contributed by atoms with Crippen LogP contribution < -0.4 is 10.9 Å². The molecule has 0 bridgehead atoms. The lowest BCUT2D eigenvalue weighted by Crippen LogP contribution is -2.39. The molecule has 0 saturated carbocycles. The van der Waals surface area contributed by atoms with Crippen molar-refractivity contribution in [1.82, 2.24) is 10.9 Å². The Morgan fingerprint density at radius 3 is 2.58 bits per heavy atom. The molecule has 0 fully saturated rings. The van der Waals surface area contributed by atoms with Crippen molar-refractivity contribution in [2.24, 2.45) is 0 Å². The number of hydrazine groups is 1. The Hall–Kier alpha value is -1.30. The number of hydrogen-bond donors (Lipinski definition) is 2. The first-order chi connectivity index (χ1) is 5.66. The zero-order chi connectivity index (χ0) is 9.40. The van der Waals surface area contributed by atoms with Crippen molar-refractivity contribution >= 4 is 12.1 Å². The predicted octanol–water partition coefficient (Wildman–Crippen LogP) is -0.590. The monoisotopic (exact) mass is 176 g/mol. The maximum absolute atomic E-state index is 10.4. The van der Waals surface area contributed by atoms with Gasteiger partial charge in [-0.15, -0.1) is 0 Å². The van der Waals surface area contributed by atoms with E-state index in [0.717, 1.165) is 0 Å². The van der Waals surface area contributed by atoms with Crippen molar-refractivity contribution < 1.29 is 19.1 Å². The van der Waals surface area contributed by atoms with Crippen LogP contribution in [0.25, 0.3) is 0 Å². The Morgan fingerprint density at radius 2 is 2.08 bits per heavy atom. The summed E-state index contributed by atoms with van der Waals surface area (Å²) in [4.78, 5) is 20.6. The van der Waals surface area contributed by atoms with Gasteiger partial charge in [0.2, 0.25) is 0 Å². The van der Waals surface area contributed by atoms with Gasteiger partial charge in [-0.25, -0.2) is 10.2 Å². The molecule has 0 aliphatic heterocycles. The first kappa shape index (κ1) is 10.7. The lowest BCUT2D eigenvalue weighted by atomic mass is 10.7. The summed E-state index contributed by atoms with van der Waals surface area (Å²) >= 11 is 0. The molecular formula is C6H12N2O4. The van der Waals surface area contributed by atoms with Crippen molar-refractivity contribution in [2.45, 2.75) is 6.92 Å². The van der Waals surface area contributed by atoms with Crippen LogP contribution >= 0.6 is 0 Å². The van der Waals surface area contributed by atoms with E-state index in [1.807, 2.05) is 0 Å². The van der Waals surface area contributed by atoms with Crippen LogP contribution in [0.1, 0.15) is 6.92 Å². The van der Waals surface area contributed by atoms with E-state index in [0.29, 0.717) is 6.54 Å². The summed E-state index contributed by atoms with van der Waals surface area (Å²) in [6.45, 7) is 1.86. The van der Waals surface area contributed by atoms with E-state index >= 15 is 0 Å². The lowest BCUT2D eigenvalue weighted by Gasteiger charge is -2.05. The summed E-state index contributed by atoms with van der Waals surface area (Å²) < 4.78 is 8.82. The first-order valence-corrected chi connectivity index (χ1v) is 3.37. The number of rotatable bonds is 4. The average Bonchev–Trinajstić information content (AvgIpc) is 2.03. The van der Waals surface area contributed by atoms with Gasteiger partial charge in [0, 0.05) is 13.5 Å².